The molecule has 1 aromatic heterocycles. The van der Waals surface area contributed by atoms with Gasteiger partial charge in [-0.15, -0.1) is 10.2 Å². The molecule has 0 spiro atoms. The molecule has 0 atom stereocenters. The van der Waals surface area contributed by atoms with E-state index in [0.29, 0.717) is 16.1 Å². The maximum atomic E-state index is 11.8. The van der Waals surface area contributed by atoms with Gasteiger partial charge in [0.2, 0.25) is 11.8 Å². The molecule has 1 heterocycles. The van der Waals surface area contributed by atoms with Crippen molar-refractivity contribution in [3.05, 3.63) is 34.7 Å². The minimum Gasteiger partial charge on any atom is -0.416 e. The molecule has 0 aliphatic heterocycles. The summed E-state index contributed by atoms with van der Waals surface area (Å²) >= 11 is 7.05. The van der Waals surface area contributed by atoms with Gasteiger partial charge in [0, 0.05) is 17.6 Å². The Hall–Kier alpha value is -1.53. The molecule has 0 aliphatic carbocycles. The lowest BCUT2D eigenvalue weighted by atomic mass is 10.2. The molecule has 0 saturated heterocycles. The molecule has 100 valence electrons. The van der Waals surface area contributed by atoms with Crippen molar-refractivity contribution >= 4 is 35.0 Å². The summed E-state index contributed by atoms with van der Waals surface area (Å²) in [6.45, 7) is 3.59. The Morgan fingerprint density at radius 3 is 2.84 bits per heavy atom. The average molecular weight is 298 g/mol. The quantitative estimate of drug-likeness (QED) is 0.878. The molecule has 2 rings (SSSR count). The molecule has 0 aliphatic rings. The summed E-state index contributed by atoms with van der Waals surface area (Å²) in [4.78, 5) is 11.8. The van der Waals surface area contributed by atoms with Gasteiger partial charge in [0.05, 0.1) is 5.75 Å². The first-order chi connectivity index (χ1) is 9.04. The number of aromatic nitrogens is 2. The standard InChI is InChI=1S/C12H12ClN3O2S/c1-7-5-9(13)3-4-10(7)14-11(17)6-19-12-16-15-8(2)18-12/h3-5H,6H2,1-2H3,(H,14,17). The van der Waals surface area contributed by atoms with E-state index in [2.05, 4.69) is 15.5 Å². The van der Waals surface area contributed by atoms with E-state index in [4.69, 9.17) is 16.0 Å². The van der Waals surface area contributed by atoms with Gasteiger partial charge in [-0.25, -0.2) is 0 Å². The third-order valence-corrected chi connectivity index (χ3v) is 3.35. The van der Waals surface area contributed by atoms with Gasteiger partial charge in [0.15, 0.2) is 0 Å². The smallest absolute Gasteiger partial charge is 0.277 e. The molecule has 0 bridgehead atoms. The lowest BCUT2D eigenvalue weighted by molar-refractivity contribution is -0.113. The highest BCUT2D eigenvalue weighted by Crippen LogP contribution is 2.21. The number of carbonyl (C=O) groups is 1. The van der Waals surface area contributed by atoms with Crippen LogP contribution in [0.1, 0.15) is 11.5 Å². The first-order valence-electron chi connectivity index (χ1n) is 5.53. The third kappa shape index (κ3) is 3.97. The van der Waals surface area contributed by atoms with E-state index in [1.807, 2.05) is 6.92 Å². The summed E-state index contributed by atoms with van der Waals surface area (Å²) in [6, 6.07) is 5.31. The monoisotopic (exact) mass is 297 g/mol. The van der Waals surface area contributed by atoms with Crippen LogP contribution in [0, 0.1) is 13.8 Å². The van der Waals surface area contributed by atoms with Gasteiger partial charge in [-0.3, -0.25) is 4.79 Å². The highest BCUT2D eigenvalue weighted by atomic mass is 35.5. The van der Waals surface area contributed by atoms with Crippen LogP contribution in [0.5, 0.6) is 0 Å². The van der Waals surface area contributed by atoms with Crippen molar-refractivity contribution in [1.29, 1.82) is 0 Å². The molecule has 2 aromatic rings. The van der Waals surface area contributed by atoms with Crippen molar-refractivity contribution in [2.24, 2.45) is 0 Å². The number of aryl methyl sites for hydroxylation is 2. The number of carbonyl (C=O) groups excluding carboxylic acids is 1. The molecule has 7 heteroatoms. The predicted octanol–water partition coefficient (Wildman–Crippen LogP) is 3.07. The van der Waals surface area contributed by atoms with Crippen molar-refractivity contribution in [3.8, 4) is 0 Å². The molecular weight excluding hydrogens is 286 g/mol. The molecule has 1 amide bonds. The Kier molecular flexibility index (Phi) is 4.44. The molecule has 0 unspecified atom stereocenters. The Bertz CT molecular complexity index is 600. The first-order valence-corrected chi connectivity index (χ1v) is 6.90. The van der Waals surface area contributed by atoms with Gasteiger partial charge in [0.25, 0.3) is 5.22 Å². The van der Waals surface area contributed by atoms with Gasteiger partial charge >= 0.3 is 0 Å². The fourth-order valence-electron chi connectivity index (χ4n) is 1.42. The van der Waals surface area contributed by atoms with Crippen LogP contribution in [-0.4, -0.2) is 21.9 Å². The number of hydrogen-bond donors (Lipinski definition) is 1. The molecule has 1 N–H and O–H groups in total. The van der Waals surface area contributed by atoms with Crippen LogP contribution in [-0.2, 0) is 4.79 Å². The van der Waals surface area contributed by atoms with E-state index in [1.165, 1.54) is 11.8 Å². The van der Waals surface area contributed by atoms with Crippen LogP contribution >= 0.6 is 23.4 Å². The summed E-state index contributed by atoms with van der Waals surface area (Å²) in [5, 5.41) is 11.3. The summed E-state index contributed by atoms with van der Waals surface area (Å²) in [5.74, 6) is 0.562. The van der Waals surface area contributed by atoms with E-state index in [0.717, 1.165) is 11.3 Å². The number of rotatable bonds is 4. The van der Waals surface area contributed by atoms with Crippen molar-refractivity contribution in [2.75, 3.05) is 11.1 Å². The number of halogens is 1. The zero-order valence-electron chi connectivity index (χ0n) is 10.4. The van der Waals surface area contributed by atoms with Crippen LogP contribution in [0.2, 0.25) is 5.02 Å². The largest absolute Gasteiger partial charge is 0.416 e. The molecule has 19 heavy (non-hydrogen) atoms. The van der Waals surface area contributed by atoms with Crippen molar-refractivity contribution in [1.82, 2.24) is 10.2 Å². The SMILES string of the molecule is Cc1nnc(SCC(=O)Nc2ccc(Cl)cc2C)o1. The molecule has 0 fully saturated rings. The summed E-state index contributed by atoms with van der Waals surface area (Å²) in [7, 11) is 0. The Labute approximate surface area is 119 Å². The summed E-state index contributed by atoms with van der Waals surface area (Å²) in [6.07, 6.45) is 0. The van der Waals surface area contributed by atoms with Gasteiger partial charge < -0.3 is 9.73 Å². The van der Waals surface area contributed by atoms with Crippen molar-refractivity contribution < 1.29 is 9.21 Å². The number of nitrogens with zero attached hydrogens (tertiary/aromatic N) is 2. The van der Waals surface area contributed by atoms with Gasteiger partial charge in [-0.05, 0) is 30.7 Å². The zero-order chi connectivity index (χ0) is 13.8. The lowest BCUT2D eigenvalue weighted by Crippen LogP contribution is -2.14. The van der Waals surface area contributed by atoms with Crippen LogP contribution < -0.4 is 5.32 Å². The Balaban J connectivity index is 1.90. The van der Waals surface area contributed by atoms with Crippen molar-refractivity contribution in [2.45, 2.75) is 19.1 Å². The van der Waals surface area contributed by atoms with Crippen LogP contribution in [0.15, 0.2) is 27.8 Å². The van der Waals surface area contributed by atoms with Crippen LogP contribution in [0.3, 0.4) is 0 Å². The third-order valence-electron chi connectivity index (χ3n) is 2.30. The molecule has 1 aromatic carbocycles. The molecule has 0 radical (unpaired) electrons. The zero-order valence-corrected chi connectivity index (χ0v) is 12.0. The van der Waals surface area contributed by atoms with Crippen molar-refractivity contribution in [3.63, 3.8) is 0 Å². The normalized spacial score (nSPS) is 10.5. The molecule has 0 saturated carbocycles. The first kappa shape index (κ1) is 13.9. The van der Waals surface area contributed by atoms with Crippen LogP contribution in [0.25, 0.3) is 0 Å². The second kappa shape index (κ2) is 6.08. The lowest BCUT2D eigenvalue weighted by Gasteiger charge is -2.07. The Morgan fingerprint density at radius 2 is 2.21 bits per heavy atom. The minimum absolute atomic E-state index is 0.133. The van der Waals surface area contributed by atoms with E-state index in [1.54, 1.807) is 25.1 Å². The van der Waals surface area contributed by atoms with E-state index in [9.17, 15) is 4.79 Å². The Morgan fingerprint density at radius 1 is 1.42 bits per heavy atom. The van der Waals surface area contributed by atoms with E-state index < -0.39 is 0 Å². The number of hydrogen-bond acceptors (Lipinski definition) is 5. The van der Waals surface area contributed by atoms with Gasteiger partial charge in [0.1, 0.15) is 0 Å². The predicted molar refractivity (Wildman–Crippen MR) is 74.6 cm³/mol. The highest BCUT2D eigenvalue weighted by molar-refractivity contribution is 7.99. The topological polar surface area (TPSA) is 68.0 Å². The minimum atomic E-state index is -0.133. The number of benzene rings is 1. The fourth-order valence-corrected chi connectivity index (χ4v) is 2.25. The van der Waals surface area contributed by atoms with E-state index >= 15 is 0 Å². The van der Waals surface area contributed by atoms with Gasteiger partial charge in [-0.1, -0.05) is 23.4 Å². The number of nitrogens with one attached hydrogen (secondary N) is 1. The second-order valence-electron chi connectivity index (χ2n) is 3.88. The fraction of sp³-hybridized carbons (Fsp3) is 0.250. The average Bonchev–Trinajstić information content (AvgIpc) is 2.76. The highest BCUT2D eigenvalue weighted by Gasteiger charge is 2.09. The maximum absolute atomic E-state index is 11.8. The van der Waals surface area contributed by atoms with E-state index in [-0.39, 0.29) is 11.7 Å². The molecular formula is C12H12ClN3O2S. The number of amides is 1. The van der Waals surface area contributed by atoms with Crippen LogP contribution in [0.4, 0.5) is 5.69 Å². The second-order valence-corrected chi connectivity index (χ2v) is 5.25. The maximum Gasteiger partial charge on any atom is 0.277 e. The number of anilines is 1. The van der Waals surface area contributed by atoms with Gasteiger partial charge in [-0.2, -0.15) is 0 Å². The summed E-state index contributed by atoms with van der Waals surface area (Å²) < 4.78 is 5.17. The number of thioether (sulfide) groups is 1. The molecule has 5 nitrogen and oxygen atoms in total. The summed E-state index contributed by atoms with van der Waals surface area (Å²) in [5.41, 5.74) is 1.66.